The lowest BCUT2D eigenvalue weighted by atomic mass is 10.2. The lowest BCUT2D eigenvalue weighted by Gasteiger charge is -2.13. The van der Waals surface area contributed by atoms with Crippen LogP contribution in [0.2, 0.25) is 0 Å². The molecule has 0 saturated carbocycles. The number of aryl methyl sites for hydroxylation is 1. The van der Waals surface area contributed by atoms with Crippen LogP contribution in [0.15, 0.2) is 24.3 Å². The molecule has 1 saturated heterocycles. The van der Waals surface area contributed by atoms with Crippen molar-refractivity contribution in [2.24, 2.45) is 0 Å². The van der Waals surface area contributed by atoms with Crippen LogP contribution in [0.25, 0.3) is 0 Å². The maximum atomic E-state index is 11.6. The lowest BCUT2D eigenvalue weighted by Crippen LogP contribution is -2.64. The Hall–Kier alpha value is -1.68. The second-order valence-corrected chi connectivity index (χ2v) is 3.80. The van der Waals surface area contributed by atoms with Crippen LogP contribution in [0.5, 0.6) is 0 Å². The summed E-state index contributed by atoms with van der Waals surface area (Å²) in [6.07, 6.45) is 0.215. The number of benzene rings is 1. The number of imide groups is 1. The number of nitrogens with zero attached hydrogens (tertiary/aromatic N) is 1. The van der Waals surface area contributed by atoms with Crippen molar-refractivity contribution in [2.45, 2.75) is 19.4 Å². The van der Waals surface area contributed by atoms with Gasteiger partial charge in [0, 0.05) is 0 Å². The van der Waals surface area contributed by atoms with E-state index in [0.717, 1.165) is 5.56 Å². The van der Waals surface area contributed by atoms with E-state index in [9.17, 15) is 9.59 Å². The fraction of sp³-hybridized carbons (Fsp3) is 0.273. The van der Waals surface area contributed by atoms with Crippen molar-refractivity contribution in [3.8, 4) is 0 Å². The molecule has 1 heterocycles. The van der Waals surface area contributed by atoms with Gasteiger partial charge in [0.2, 0.25) is 5.91 Å². The second-order valence-electron chi connectivity index (χ2n) is 3.80. The summed E-state index contributed by atoms with van der Waals surface area (Å²) >= 11 is 0. The Kier molecular flexibility index (Phi) is 2.28. The molecule has 15 heavy (non-hydrogen) atoms. The van der Waals surface area contributed by atoms with Crippen LogP contribution in [0.3, 0.4) is 0 Å². The molecule has 1 aromatic rings. The summed E-state index contributed by atoms with van der Waals surface area (Å²) in [5.41, 5.74) is 5.39. The molecule has 0 unspecified atom stereocenters. The van der Waals surface area contributed by atoms with E-state index in [0.29, 0.717) is 5.69 Å². The largest absolute Gasteiger partial charge is 0.347 e. The van der Waals surface area contributed by atoms with E-state index in [2.05, 4.69) is 5.73 Å². The number of carbonyl (C=O) groups is 2. The Morgan fingerprint density at radius 2 is 1.87 bits per heavy atom. The molecule has 1 aliphatic rings. The number of amides is 2. The summed E-state index contributed by atoms with van der Waals surface area (Å²) in [5.74, 6) is -0.368. The van der Waals surface area contributed by atoms with Crippen LogP contribution < -0.4 is 10.6 Å². The Labute approximate surface area is 87.7 Å². The number of quaternary nitrogens is 1. The Bertz CT molecular complexity index is 411. The molecule has 4 nitrogen and oxygen atoms in total. The van der Waals surface area contributed by atoms with Crippen molar-refractivity contribution < 1.29 is 15.3 Å². The summed E-state index contributed by atoms with van der Waals surface area (Å²) in [7, 11) is 0. The van der Waals surface area contributed by atoms with E-state index in [4.69, 9.17) is 0 Å². The number of carbonyl (C=O) groups excluding carboxylic acids is 2. The molecule has 4 heteroatoms. The smallest absolute Gasteiger partial charge is 0.292 e. The molecule has 0 aromatic heterocycles. The standard InChI is InChI=1S/C11H12N2O2/c1-7-2-4-8(5-3-7)13-10(14)6-9(12)11(13)15/h2-5,9H,6,12H2,1H3/p+1/t9-/m0/s1. The maximum Gasteiger partial charge on any atom is 0.292 e. The van der Waals surface area contributed by atoms with Gasteiger partial charge in [-0.05, 0) is 19.1 Å². The van der Waals surface area contributed by atoms with E-state index in [-0.39, 0.29) is 18.2 Å². The Morgan fingerprint density at radius 1 is 1.27 bits per heavy atom. The number of hydrogen-bond donors (Lipinski definition) is 1. The van der Waals surface area contributed by atoms with Gasteiger partial charge in [0.05, 0.1) is 12.1 Å². The SMILES string of the molecule is Cc1ccc(N2C(=O)C[C@H]([NH3+])C2=O)cc1. The van der Waals surface area contributed by atoms with Crippen LogP contribution in [-0.4, -0.2) is 17.9 Å². The molecule has 0 radical (unpaired) electrons. The van der Waals surface area contributed by atoms with Gasteiger partial charge in [-0.1, -0.05) is 17.7 Å². The normalized spacial score (nSPS) is 21.2. The molecule has 3 N–H and O–H groups in total. The van der Waals surface area contributed by atoms with Gasteiger partial charge in [0.1, 0.15) is 0 Å². The molecule has 78 valence electrons. The fourth-order valence-corrected chi connectivity index (χ4v) is 1.66. The Morgan fingerprint density at radius 3 is 2.33 bits per heavy atom. The first-order chi connectivity index (χ1) is 7.09. The van der Waals surface area contributed by atoms with Crippen molar-refractivity contribution in [2.75, 3.05) is 4.90 Å². The van der Waals surface area contributed by atoms with Crippen molar-refractivity contribution >= 4 is 17.5 Å². The van der Waals surface area contributed by atoms with Crippen molar-refractivity contribution in [3.05, 3.63) is 29.8 Å². The first-order valence-corrected chi connectivity index (χ1v) is 4.86. The highest BCUT2D eigenvalue weighted by atomic mass is 16.2. The van der Waals surface area contributed by atoms with Gasteiger partial charge in [-0.2, -0.15) is 0 Å². The first kappa shape index (κ1) is 9.86. The Balaban J connectivity index is 2.35. The van der Waals surface area contributed by atoms with E-state index < -0.39 is 6.04 Å². The average Bonchev–Trinajstić information content (AvgIpc) is 2.44. The summed E-state index contributed by atoms with van der Waals surface area (Å²) in [6, 6.07) is 6.89. The third-order valence-electron chi connectivity index (χ3n) is 2.53. The van der Waals surface area contributed by atoms with Gasteiger partial charge >= 0.3 is 0 Å². The first-order valence-electron chi connectivity index (χ1n) is 4.86. The molecule has 1 atom stereocenters. The van der Waals surface area contributed by atoms with E-state index in [1.165, 1.54) is 4.90 Å². The van der Waals surface area contributed by atoms with Gasteiger partial charge in [0.15, 0.2) is 6.04 Å². The van der Waals surface area contributed by atoms with E-state index >= 15 is 0 Å². The molecule has 1 aliphatic heterocycles. The van der Waals surface area contributed by atoms with Gasteiger partial charge in [-0.15, -0.1) is 0 Å². The highest BCUT2D eigenvalue weighted by Crippen LogP contribution is 2.21. The number of rotatable bonds is 1. The highest BCUT2D eigenvalue weighted by Gasteiger charge is 2.39. The van der Waals surface area contributed by atoms with E-state index in [1.54, 1.807) is 12.1 Å². The predicted octanol–water partition coefficient (Wildman–Crippen LogP) is -0.131. The molecule has 2 amide bonds. The van der Waals surface area contributed by atoms with Crippen molar-refractivity contribution in [3.63, 3.8) is 0 Å². The molecular weight excluding hydrogens is 192 g/mol. The molecule has 2 rings (SSSR count). The number of anilines is 1. The predicted molar refractivity (Wildman–Crippen MR) is 55.0 cm³/mol. The molecular formula is C11H13N2O2+. The summed E-state index contributed by atoms with van der Waals surface area (Å²) in [6.45, 7) is 1.96. The van der Waals surface area contributed by atoms with Crippen LogP contribution in [-0.2, 0) is 9.59 Å². The third kappa shape index (κ3) is 1.64. The van der Waals surface area contributed by atoms with Crippen LogP contribution in [0.4, 0.5) is 5.69 Å². The van der Waals surface area contributed by atoms with Gasteiger partial charge in [-0.3, -0.25) is 9.59 Å². The third-order valence-corrected chi connectivity index (χ3v) is 2.53. The summed E-state index contributed by atoms with van der Waals surface area (Å²) in [4.78, 5) is 24.4. The minimum atomic E-state index is -0.432. The summed E-state index contributed by atoms with van der Waals surface area (Å²) in [5, 5.41) is 0. The van der Waals surface area contributed by atoms with Crippen LogP contribution >= 0.6 is 0 Å². The van der Waals surface area contributed by atoms with Crippen molar-refractivity contribution in [1.29, 1.82) is 0 Å². The fourth-order valence-electron chi connectivity index (χ4n) is 1.66. The van der Waals surface area contributed by atoms with Crippen molar-refractivity contribution in [1.82, 2.24) is 0 Å². The van der Waals surface area contributed by atoms with Gasteiger partial charge < -0.3 is 5.73 Å². The molecule has 1 fully saturated rings. The van der Waals surface area contributed by atoms with Gasteiger partial charge in [0.25, 0.3) is 5.91 Å². The lowest BCUT2D eigenvalue weighted by molar-refractivity contribution is -0.399. The molecule has 0 spiro atoms. The average molecular weight is 205 g/mol. The van der Waals surface area contributed by atoms with Crippen LogP contribution in [0, 0.1) is 6.92 Å². The second kappa shape index (κ2) is 3.47. The zero-order chi connectivity index (χ0) is 11.0. The minimum Gasteiger partial charge on any atom is -0.347 e. The van der Waals surface area contributed by atoms with E-state index in [1.807, 2.05) is 19.1 Å². The highest BCUT2D eigenvalue weighted by molar-refractivity contribution is 6.21. The zero-order valence-electron chi connectivity index (χ0n) is 8.56. The van der Waals surface area contributed by atoms with Gasteiger partial charge in [-0.25, -0.2) is 4.90 Å². The zero-order valence-corrected chi connectivity index (χ0v) is 8.56. The topological polar surface area (TPSA) is 65.0 Å². The molecule has 0 bridgehead atoms. The molecule has 1 aromatic carbocycles. The summed E-state index contributed by atoms with van der Waals surface area (Å²) < 4.78 is 0. The minimum absolute atomic E-state index is 0.163. The number of hydrogen-bond acceptors (Lipinski definition) is 2. The molecule has 0 aliphatic carbocycles. The quantitative estimate of drug-likeness (QED) is 0.649. The van der Waals surface area contributed by atoms with Crippen LogP contribution in [0.1, 0.15) is 12.0 Å². The monoisotopic (exact) mass is 205 g/mol. The maximum absolute atomic E-state index is 11.6.